The molecule has 1 fully saturated rings. The van der Waals surface area contributed by atoms with Crippen LogP contribution >= 0.6 is 0 Å². The van der Waals surface area contributed by atoms with Crippen LogP contribution in [0.5, 0.6) is 5.75 Å². The number of rotatable bonds is 8. The number of likely N-dealkylation sites (tertiary alicyclic amines) is 1. The van der Waals surface area contributed by atoms with Crippen molar-refractivity contribution in [2.45, 2.75) is 43.5 Å². The molecule has 1 aromatic heterocycles. The monoisotopic (exact) mass is 453 g/mol. The van der Waals surface area contributed by atoms with Gasteiger partial charge in [-0.1, -0.05) is 56.3 Å². The Labute approximate surface area is 190 Å². The quantitative estimate of drug-likeness (QED) is 0.554. The zero-order valence-corrected chi connectivity index (χ0v) is 19.5. The van der Waals surface area contributed by atoms with E-state index in [-0.39, 0.29) is 10.9 Å². The smallest absolute Gasteiger partial charge is 0.242 e. The number of nitrogens with zero attached hydrogens (tertiary/aromatic N) is 2. The van der Waals surface area contributed by atoms with Crippen LogP contribution in [0.2, 0.25) is 0 Å². The normalized spacial score (nSPS) is 16.0. The van der Waals surface area contributed by atoms with Crippen molar-refractivity contribution in [2.75, 3.05) is 26.2 Å². The number of para-hydroxylation sites is 1. The molecular weight excluding hydrogens is 422 g/mol. The number of hydrogen-bond acceptors (Lipinski definition) is 5. The van der Waals surface area contributed by atoms with Gasteiger partial charge in [0.2, 0.25) is 10.0 Å². The molecule has 7 heteroatoms. The third-order valence-corrected chi connectivity index (χ3v) is 7.58. The van der Waals surface area contributed by atoms with E-state index in [1.54, 1.807) is 6.20 Å². The number of ether oxygens (including phenoxy) is 1. The zero-order chi connectivity index (χ0) is 22.6. The molecule has 3 aromatic rings. The van der Waals surface area contributed by atoms with E-state index in [9.17, 15) is 8.42 Å². The molecule has 1 aliphatic heterocycles. The second kappa shape index (κ2) is 9.98. The fourth-order valence-corrected chi connectivity index (χ4v) is 5.71. The third-order valence-electron chi connectivity index (χ3n) is 6.04. The summed E-state index contributed by atoms with van der Waals surface area (Å²) in [7, 11) is -3.63. The van der Waals surface area contributed by atoms with Crippen LogP contribution in [-0.4, -0.2) is 50.6 Å². The topological polar surface area (TPSA) is 71.5 Å². The van der Waals surface area contributed by atoms with Gasteiger partial charge in [-0.25, -0.2) is 13.1 Å². The Balaban J connectivity index is 1.29. The third kappa shape index (κ3) is 5.28. The summed E-state index contributed by atoms with van der Waals surface area (Å²) < 4.78 is 35.0. The van der Waals surface area contributed by atoms with Crippen LogP contribution in [0.15, 0.2) is 65.8 Å². The Kier molecular flexibility index (Phi) is 7.08. The van der Waals surface area contributed by atoms with Gasteiger partial charge in [-0.3, -0.25) is 9.88 Å². The van der Waals surface area contributed by atoms with Crippen molar-refractivity contribution in [1.29, 1.82) is 0 Å². The van der Waals surface area contributed by atoms with E-state index in [0.29, 0.717) is 17.9 Å². The molecule has 1 N–H and O–H groups in total. The van der Waals surface area contributed by atoms with E-state index in [4.69, 9.17) is 4.74 Å². The molecule has 0 amide bonds. The second-order valence-electron chi connectivity index (χ2n) is 8.64. The Hall–Kier alpha value is -2.48. The Morgan fingerprint density at radius 1 is 1.06 bits per heavy atom. The molecule has 170 valence electrons. The maximum atomic E-state index is 13.0. The van der Waals surface area contributed by atoms with Gasteiger partial charge in [0.1, 0.15) is 17.3 Å². The van der Waals surface area contributed by atoms with E-state index < -0.39 is 10.0 Å². The number of aromatic nitrogens is 1. The van der Waals surface area contributed by atoms with Crippen LogP contribution in [-0.2, 0) is 10.0 Å². The predicted molar refractivity (Wildman–Crippen MR) is 128 cm³/mol. The first-order chi connectivity index (χ1) is 15.4. The first-order valence-electron chi connectivity index (χ1n) is 11.2. The van der Waals surface area contributed by atoms with Gasteiger partial charge in [-0.2, -0.15) is 0 Å². The fraction of sp³-hybridized carbons (Fsp3) is 0.400. The van der Waals surface area contributed by atoms with Crippen molar-refractivity contribution >= 4 is 20.8 Å². The molecule has 2 heterocycles. The highest BCUT2D eigenvalue weighted by molar-refractivity contribution is 7.89. The summed E-state index contributed by atoms with van der Waals surface area (Å²) in [6.45, 7) is 7.48. The van der Waals surface area contributed by atoms with E-state index in [2.05, 4.69) is 34.5 Å². The first-order valence-corrected chi connectivity index (χ1v) is 12.7. The molecular formula is C25H31N3O3S. The molecule has 1 saturated heterocycles. The number of hydrogen-bond donors (Lipinski definition) is 1. The fourth-order valence-electron chi connectivity index (χ4n) is 4.23. The van der Waals surface area contributed by atoms with Gasteiger partial charge in [0, 0.05) is 35.8 Å². The molecule has 0 aliphatic carbocycles. The molecule has 2 aromatic carbocycles. The summed E-state index contributed by atoms with van der Waals surface area (Å²) in [6.07, 6.45) is 4.68. The molecule has 0 spiro atoms. The number of benzene rings is 2. The number of fused-ring (bicyclic) bond motifs is 1. The lowest BCUT2D eigenvalue weighted by molar-refractivity contribution is 0.170. The van der Waals surface area contributed by atoms with Crippen LogP contribution in [0.1, 0.15) is 38.2 Å². The largest absolute Gasteiger partial charge is 0.492 e. The van der Waals surface area contributed by atoms with Crippen LogP contribution < -0.4 is 9.46 Å². The van der Waals surface area contributed by atoms with Gasteiger partial charge in [0.25, 0.3) is 0 Å². The van der Waals surface area contributed by atoms with Crippen molar-refractivity contribution in [1.82, 2.24) is 14.6 Å². The number of pyridine rings is 1. The van der Waals surface area contributed by atoms with Gasteiger partial charge in [0.15, 0.2) is 0 Å². The molecule has 0 atom stereocenters. The molecule has 0 radical (unpaired) electrons. The Morgan fingerprint density at radius 2 is 1.78 bits per heavy atom. The Morgan fingerprint density at radius 3 is 2.56 bits per heavy atom. The first kappa shape index (κ1) is 22.7. The summed E-state index contributed by atoms with van der Waals surface area (Å²) in [5.74, 6) is 1.38. The van der Waals surface area contributed by atoms with Crippen LogP contribution in [0, 0.1) is 0 Å². The Bertz CT molecular complexity index is 1150. The van der Waals surface area contributed by atoms with E-state index in [0.717, 1.165) is 43.6 Å². The highest BCUT2D eigenvalue weighted by Gasteiger charge is 2.26. The lowest BCUT2D eigenvalue weighted by atomic mass is 10.0. The van der Waals surface area contributed by atoms with Crippen LogP contribution in [0.25, 0.3) is 10.8 Å². The molecule has 4 rings (SSSR count). The summed E-state index contributed by atoms with van der Waals surface area (Å²) in [5, 5.41) is 1.52. The average Bonchev–Trinajstić information content (AvgIpc) is 2.80. The maximum absolute atomic E-state index is 13.0. The molecule has 1 aliphatic rings. The van der Waals surface area contributed by atoms with E-state index in [1.165, 1.54) is 11.8 Å². The van der Waals surface area contributed by atoms with Gasteiger partial charge < -0.3 is 4.74 Å². The van der Waals surface area contributed by atoms with Crippen molar-refractivity contribution in [3.8, 4) is 5.75 Å². The molecule has 0 saturated carbocycles. The summed E-state index contributed by atoms with van der Waals surface area (Å²) in [4.78, 5) is 6.70. The summed E-state index contributed by atoms with van der Waals surface area (Å²) in [6, 6.07) is 15.6. The standard InChI is InChI=1S/C25H31N3O3S/c1-19(2)22-8-5-6-10-24(22)31-16-15-28-13-11-21(12-14-28)27-32(29,30)25-18-26-17-20-7-3-4-9-23(20)25/h3-10,17-19,21,27H,11-16H2,1-2H3. The summed E-state index contributed by atoms with van der Waals surface area (Å²) >= 11 is 0. The van der Waals surface area contributed by atoms with Gasteiger partial charge in [-0.15, -0.1) is 0 Å². The SMILES string of the molecule is CC(C)c1ccccc1OCCN1CCC(NS(=O)(=O)c2cncc3ccccc23)CC1. The van der Waals surface area contributed by atoms with Crippen molar-refractivity contribution in [2.24, 2.45) is 0 Å². The van der Waals surface area contributed by atoms with Gasteiger partial charge in [-0.05, 0) is 43.5 Å². The minimum absolute atomic E-state index is 0.0715. The van der Waals surface area contributed by atoms with Crippen molar-refractivity contribution < 1.29 is 13.2 Å². The minimum atomic E-state index is -3.63. The molecule has 6 nitrogen and oxygen atoms in total. The minimum Gasteiger partial charge on any atom is -0.492 e. The highest BCUT2D eigenvalue weighted by atomic mass is 32.2. The number of sulfonamides is 1. The van der Waals surface area contributed by atoms with Crippen LogP contribution in [0.3, 0.4) is 0 Å². The second-order valence-corrected chi connectivity index (χ2v) is 10.3. The van der Waals surface area contributed by atoms with E-state index >= 15 is 0 Å². The van der Waals surface area contributed by atoms with E-state index in [1.807, 2.05) is 42.5 Å². The molecule has 32 heavy (non-hydrogen) atoms. The lowest BCUT2D eigenvalue weighted by Crippen LogP contribution is -2.45. The molecule has 0 bridgehead atoms. The zero-order valence-electron chi connectivity index (χ0n) is 18.7. The average molecular weight is 454 g/mol. The number of nitrogens with one attached hydrogen (secondary N) is 1. The summed E-state index contributed by atoms with van der Waals surface area (Å²) in [5.41, 5.74) is 1.23. The van der Waals surface area contributed by atoms with Crippen molar-refractivity contribution in [3.05, 3.63) is 66.5 Å². The number of piperidine rings is 1. The lowest BCUT2D eigenvalue weighted by Gasteiger charge is -2.32. The van der Waals surface area contributed by atoms with Gasteiger partial charge >= 0.3 is 0 Å². The predicted octanol–water partition coefficient (Wildman–Crippen LogP) is 4.18. The highest BCUT2D eigenvalue weighted by Crippen LogP contribution is 2.26. The van der Waals surface area contributed by atoms with Crippen molar-refractivity contribution in [3.63, 3.8) is 0 Å². The maximum Gasteiger partial charge on any atom is 0.242 e. The molecule has 0 unspecified atom stereocenters. The van der Waals surface area contributed by atoms with Gasteiger partial charge in [0.05, 0.1) is 0 Å². The van der Waals surface area contributed by atoms with Crippen LogP contribution in [0.4, 0.5) is 0 Å².